The summed E-state index contributed by atoms with van der Waals surface area (Å²) in [5.41, 5.74) is 2.80. The van der Waals surface area contributed by atoms with Crippen LogP contribution in [0.2, 0.25) is 0 Å². The highest BCUT2D eigenvalue weighted by molar-refractivity contribution is 5.97. The van der Waals surface area contributed by atoms with Gasteiger partial charge in [-0.2, -0.15) is 23.0 Å². The number of aliphatic carboxylic acids is 1. The minimum absolute atomic E-state index is 0.0198. The van der Waals surface area contributed by atoms with Crippen LogP contribution in [0.25, 0.3) is 11.1 Å². The summed E-state index contributed by atoms with van der Waals surface area (Å²) < 4.78 is 64.4. The lowest BCUT2D eigenvalue weighted by atomic mass is 9.81. The molecule has 3 aromatic carbocycles. The average molecular weight is 827 g/mol. The number of aromatic carboxylic acids is 1. The number of carbonyl (C=O) groups is 5. The number of amides is 3. The molecule has 1 unspecified atom stereocenters. The topological polar surface area (TPSA) is 208 Å². The van der Waals surface area contributed by atoms with Gasteiger partial charge in [-0.05, 0) is 106 Å². The van der Waals surface area contributed by atoms with Gasteiger partial charge in [0.2, 0.25) is 17.5 Å². The normalized spacial score (nSPS) is 19.9. The number of hydrogen-bond acceptors (Lipinski definition) is 9. The van der Waals surface area contributed by atoms with Crippen molar-refractivity contribution < 1.29 is 56.5 Å². The lowest BCUT2D eigenvalue weighted by Gasteiger charge is -2.37. The Balaban J connectivity index is 1.32. The summed E-state index contributed by atoms with van der Waals surface area (Å²) in [4.78, 5) is 65.7. The van der Waals surface area contributed by atoms with Crippen LogP contribution in [-0.2, 0) is 31.2 Å². The largest absolute Gasteiger partial charge is 0.478 e. The number of hydrogen-bond donors (Lipinski definition) is 7. The predicted molar refractivity (Wildman–Crippen MR) is 208 cm³/mol. The summed E-state index contributed by atoms with van der Waals surface area (Å²) >= 11 is 0. The van der Waals surface area contributed by atoms with Crippen LogP contribution in [0.3, 0.4) is 0 Å². The molecule has 18 heteroatoms. The second-order valence-corrected chi connectivity index (χ2v) is 15.7. The number of ether oxygens (including phenoxy) is 1. The van der Waals surface area contributed by atoms with Crippen molar-refractivity contribution in [2.75, 3.05) is 11.9 Å². The Kier molecular flexibility index (Phi) is 13.0. The van der Waals surface area contributed by atoms with E-state index < -0.39 is 64.6 Å². The molecule has 2 atom stereocenters. The number of aryl methyl sites for hydroxylation is 1. The fourth-order valence-electron chi connectivity index (χ4n) is 7.02. The highest BCUT2D eigenvalue weighted by Gasteiger charge is 2.74. The van der Waals surface area contributed by atoms with Crippen LogP contribution in [0, 0.1) is 18.8 Å². The van der Waals surface area contributed by atoms with E-state index >= 15 is 8.78 Å². The Hall–Kier alpha value is -6.04. The van der Waals surface area contributed by atoms with Gasteiger partial charge in [0, 0.05) is 30.1 Å². The minimum Gasteiger partial charge on any atom is -0.478 e. The minimum atomic E-state index is -5.53. The molecule has 59 heavy (non-hydrogen) atoms. The Morgan fingerprint density at radius 1 is 0.915 bits per heavy atom. The van der Waals surface area contributed by atoms with Gasteiger partial charge in [0.15, 0.2) is 0 Å². The second kappa shape index (κ2) is 17.4. The number of aliphatic imine (C=N–C) groups is 1. The predicted octanol–water partition coefficient (Wildman–Crippen LogP) is 6.00. The number of carboxylic acid groups (broad SMARTS) is 2. The number of nitrogens with zero attached hydrogens (tertiary/aromatic N) is 1. The van der Waals surface area contributed by atoms with E-state index in [9.17, 15) is 37.9 Å². The van der Waals surface area contributed by atoms with E-state index in [1.807, 2.05) is 5.43 Å². The van der Waals surface area contributed by atoms with Crippen LogP contribution in [0.1, 0.15) is 73.5 Å². The fourth-order valence-corrected chi connectivity index (χ4v) is 7.02. The summed E-state index contributed by atoms with van der Waals surface area (Å²) in [6.07, 6.45) is 2.44. The van der Waals surface area contributed by atoms with Gasteiger partial charge in [-0.15, -0.1) is 0 Å². The van der Waals surface area contributed by atoms with E-state index in [1.54, 1.807) is 64.1 Å². The molecule has 1 saturated carbocycles. The molecule has 2 aliphatic rings. The molecule has 1 fully saturated rings. The quantitative estimate of drug-likeness (QED) is 0.0944. The molecular weight excluding hydrogens is 780 g/mol. The molecule has 316 valence electrons. The number of nitrogens with one attached hydrogen (secondary N) is 5. The third kappa shape index (κ3) is 9.99. The van der Waals surface area contributed by atoms with E-state index in [1.165, 1.54) is 6.07 Å². The molecule has 0 bridgehead atoms. The standard InChI is InChI=1S/C41H46F4N6O8/c1-23-19-28(35(54)55)13-18-31(23)26-9-5-24(6-10-26)20-32(50-33(52)27-11-7-25(8-12-27)21-46-37(58)59-38(2,3)4)34(53)49-30-16-14-29(15-17-30)40(47-22-48-51-40)41(44,45)39(42,43)36(56)57/h5-6,9-10,13-19,22,25,27,32,51H,7-8,11-12,20-21H2,1-4H3,(H,46,58)(H,47,48)(H,49,53)(H,50,52)(H,54,55)(H,56,57)/t25-,27-,32-,40?/m0/s1. The molecule has 0 saturated heterocycles. The lowest BCUT2D eigenvalue weighted by Crippen LogP contribution is -2.64. The molecule has 7 N–H and O–H groups in total. The summed E-state index contributed by atoms with van der Waals surface area (Å²) in [5, 5.41) is 26.5. The molecule has 3 aromatic rings. The monoisotopic (exact) mass is 826 g/mol. The molecule has 3 amide bonds. The van der Waals surface area contributed by atoms with E-state index in [0.29, 0.717) is 44.1 Å². The summed E-state index contributed by atoms with van der Waals surface area (Å²) in [6, 6.07) is 15.0. The van der Waals surface area contributed by atoms with Crippen molar-refractivity contribution in [1.29, 1.82) is 0 Å². The first-order valence-electron chi connectivity index (χ1n) is 18.8. The number of anilines is 1. The Bertz CT molecular complexity index is 2080. The first kappa shape index (κ1) is 44.1. The summed E-state index contributed by atoms with van der Waals surface area (Å²) in [6.45, 7) is 7.45. The number of benzene rings is 3. The van der Waals surface area contributed by atoms with E-state index in [4.69, 9.17) is 9.84 Å². The van der Waals surface area contributed by atoms with Crippen LogP contribution in [0.15, 0.2) is 71.7 Å². The van der Waals surface area contributed by atoms with Gasteiger partial charge in [-0.3, -0.25) is 9.59 Å². The van der Waals surface area contributed by atoms with Crippen molar-refractivity contribution in [1.82, 2.24) is 21.5 Å². The van der Waals surface area contributed by atoms with Gasteiger partial charge in [-0.25, -0.2) is 19.4 Å². The number of halogens is 4. The molecule has 14 nitrogen and oxygen atoms in total. The van der Waals surface area contributed by atoms with Gasteiger partial charge in [0.25, 0.3) is 0 Å². The fraction of sp³-hybridized carbons (Fsp3) is 0.415. The Labute approximate surface area is 337 Å². The average Bonchev–Trinajstić information content (AvgIpc) is 3.69. The molecule has 0 spiro atoms. The highest BCUT2D eigenvalue weighted by Crippen LogP contribution is 2.49. The van der Waals surface area contributed by atoms with E-state index in [-0.39, 0.29) is 29.5 Å². The summed E-state index contributed by atoms with van der Waals surface area (Å²) in [5.74, 6) is -16.3. The SMILES string of the molecule is Cc1cc(C(=O)O)ccc1-c1ccc(C[C@H](NC(=O)[C@H]2CC[C@H](CNC(=O)OC(C)(C)C)CC2)C(=O)Nc2ccc(C3(C(F)(F)C(F)(F)C(=O)O)N=CNN3)cc2)cc1. The third-order valence-corrected chi connectivity index (χ3v) is 10.2. The van der Waals surface area contributed by atoms with Crippen molar-refractivity contribution in [3.05, 3.63) is 89.0 Å². The highest BCUT2D eigenvalue weighted by atomic mass is 19.3. The van der Waals surface area contributed by atoms with Crippen molar-refractivity contribution in [3.8, 4) is 11.1 Å². The molecular formula is C41H46F4N6O8. The van der Waals surface area contributed by atoms with Gasteiger partial charge in [0.05, 0.1) is 11.9 Å². The maximum Gasteiger partial charge on any atom is 0.408 e. The molecule has 5 rings (SSSR count). The zero-order valence-electron chi connectivity index (χ0n) is 32.7. The maximum atomic E-state index is 15.2. The zero-order chi connectivity index (χ0) is 43.3. The van der Waals surface area contributed by atoms with Crippen molar-refractivity contribution >= 4 is 41.9 Å². The smallest absolute Gasteiger partial charge is 0.408 e. The second-order valence-electron chi connectivity index (χ2n) is 15.7. The van der Waals surface area contributed by atoms with Gasteiger partial charge in [-0.1, -0.05) is 42.5 Å². The first-order chi connectivity index (χ1) is 27.6. The number of carbonyl (C=O) groups excluding carboxylic acids is 3. The van der Waals surface area contributed by atoms with Crippen molar-refractivity contribution in [2.24, 2.45) is 16.8 Å². The zero-order valence-corrected chi connectivity index (χ0v) is 32.7. The van der Waals surface area contributed by atoms with Crippen LogP contribution < -0.4 is 26.8 Å². The summed E-state index contributed by atoms with van der Waals surface area (Å²) in [7, 11) is 0. The number of hydrazine groups is 1. The lowest BCUT2D eigenvalue weighted by molar-refractivity contribution is -0.253. The Morgan fingerprint density at radius 3 is 2.10 bits per heavy atom. The number of rotatable bonds is 14. The Morgan fingerprint density at radius 2 is 1.56 bits per heavy atom. The van der Waals surface area contributed by atoms with E-state index in [0.717, 1.165) is 41.0 Å². The van der Waals surface area contributed by atoms with Crippen molar-refractivity contribution in [2.45, 2.75) is 88.9 Å². The van der Waals surface area contributed by atoms with Gasteiger partial charge in [0.1, 0.15) is 11.6 Å². The number of alkyl carbamates (subject to hydrolysis) is 1. The first-order valence-corrected chi connectivity index (χ1v) is 18.8. The van der Waals surface area contributed by atoms with Gasteiger partial charge < -0.3 is 36.3 Å². The van der Waals surface area contributed by atoms with Crippen LogP contribution in [0.5, 0.6) is 0 Å². The van der Waals surface area contributed by atoms with Crippen LogP contribution >= 0.6 is 0 Å². The van der Waals surface area contributed by atoms with Crippen LogP contribution in [0.4, 0.5) is 28.0 Å². The molecule has 1 aliphatic heterocycles. The molecule has 1 heterocycles. The molecule has 1 aliphatic carbocycles. The maximum absolute atomic E-state index is 15.2. The van der Waals surface area contributed by atoms with E-state index in [2.05, 4.69) is 26.4 Å². The van der Waals surface area contributed by atoms with Gasteiger partial charge >= 0.3 is 29.9 Å². The number of carboxylic acids is 2. The molecule has 0 aromatic heterocycles. The third-order valence-electron chi connectivity index (χ3n) is 10.2. The van der Waals surface area contributed by atoms with Crippen LogP contribution in [-0.4, -0.2) is 76.4 Å². The number of alkyl halides is 4. The van der Waals surface area contributed by atoms with Crippen molar-refractivity contribution in [3.63, 3.8) is 0 Å². The molecule has 0 radical (unpaired) electrons.